The quantitative estimate of drug-likeness (QED) is 0.580. The van der Waals surface area contributed by atoms with Crippen LogP contribution in [0.5, 0.6) is 11.5 Å². The Morgan fingerprint density at radius 1 is 1.29 bits per heavy atom. The second kappa shape index (κ2) is 5.12. The first kappa shape index (κ1) is 14.9. The molecule has 0 bridgehead atoms. The number of aromatic hydroxyl groups is 2. The van der Waals surface area contributed by atoms with Crippen LogP contribution in [0.15, 0.2) is 17.4 Å². The molecule has 0 saturated heterocycles. The molecule has 6 nitrogen and oxygen atoms in total. The summed E-state index contributed by atoms with van der Waals surface area (Å²) >= 11 is 0. The van der Waals surface area contributed by atoms with Crippen molar-refractivity contribution in [2.45, 2.75) is 33.3 Å². The molecule has 6 heteroatoms. The Hall–Kier alpha value is -2.50. The first-order valence-corrected chi connectivity index (χ1v) is 6.42. The highest BCUT2D eigenvalue weighted by Crippen LogP contribution is 2.37. The molecule has 0 aliphatic carbocycles. The van der Waals surface area contributed by atoms with Crippen molar-refractivity contribution in [3.8, 4) is 11.5 Å². The summed E-state index contributed by atoms with van der Waals surface area (Å²) in [7, 11) is 0. The molecule has 21 heavy (non-hydrogen) atoms. The van der Waals surface area contributed by atoms with Gasteiger partial charge in [-0.1, -0.05) is 0 Å². The molecular formula is C15H16O6. The van der Waals surface area contributed by atoms with Crippen molar-refractivity contribution >= 4 is 11.8 Å². The molecule has 1 aromatic carbocycles. The third kappa shape index (κ3) is 2.44. The van der Waals surface area contributed by atoms with E-state index >= 15 is 0 Å². The van der Waals surface area contributed by atoms with E-state index < -0.39 is 17.8 Å². The highest BCUT2D eigenvalue weighted by Gasteiger charge is 2.32. The van der Waals surface area contributed by atoms with E-state index in [9.17, 15) is 24.9 Å². The van der Waals surface area contributed by atoms with Crippen LogP contribution < -0.4 is 0 Å². The standard InChI is InChI=1S/C15H16O6/c1-6-4-9(7(2)16)14(19)10(12(6)17)5-11-13(18)8(3)21-15(11)20/h4,8,17-19H,5H2,1-3H3/t8-/m0/s1. The molecule has 0 spiro atoms. The number of benzene rings is 1. The zero-order valence-corrected chi connectivity index (χ0v) is 11.9. The maximum Gasteiger partial charge on any atom is 0.338 e. The van der Waals surface area contributed by atoms with Crippen LogP contribution in [0.1, 0.15) is 35.3 Å². The van der Waals surface area contributed by atoms with Gasteiger partial charge in [0.05, 0.1) is 11.1 Å². The summed E-state index contributed by atoms with van der Waals surface area (Å²) < 4.78 is 4.85. The van der Waals surface area contributed by atoms with E-state index in [2.05, 4.69) is 0 Å². The number of hydrogen-bond acceptors (Lipinski definition) is 6. The van der Waals surface area contributed by atoms with Crippen molar-refractivity contribution in [2.75, 3.05) is 0 Å². The van der Waals surface area contributed by atoms with Gasteiger partial charge in [-0.3, -0.25) is 4.79 Å². The van der Waals surface area contributed by atoms with E-state index in [1.807, 2.05) is 0 Å². The van der Waals surface area contributed by atoms with Crippen molar-refractivity contribution < 1.29 is 29.6 Å². The fourth-order valence-electron chi connectivity index (χ4n) is 2.28. The molecule has 112 valence electrons. The Balaban J connectivity index is 2.55. The van der Waals surface area contributed by atoms with Crippen molar-refractivity contribution in [1.29, 1.82) is 0 Å². The van der Waals surface area contributed by atoms with Gasteiger partial charge in [-0.15, -0.1) is 0 Å². The van der Waals surface area contributed by atoms with Crippen LogP contribution in [-0.2, 0) is 16.0 Å². The predicted molar refractivity (Wildman–Crippen MR) is 73.4 cm³/mol. The minimum Gasteiger partial charge on any atom is -0.508 e. The van der Waals surface area contributed by atoms with Crippen LogP contribution in [0.25, 0.3) is 0 Å². The van der Waals surface area contributed by atoms with Crippen LogP contribution in [-0.4, -0.2) is 33.2 Å². The van der Waals surface area contributed by atoms with Gasteiger partial charge in [-0.2, -0.15) is 0 Å². The number of aliphatic hydroxyl groups excluding tert-OH is 1. The lowest BCUT2D eigenvalue weighted by atomic mass is 9.95. The number of rotatable bonds is 3. The number of aliphatic hydroxyl groups is 1. The average molecular weight is 292 g/mol. The van der Waals surface area contributed by atoms with Crippen molar-refractivity contribution in [1.82, 2.24) is 0 Å². The van der Waals surface area contributed by atoms with Crippen LogP contribution in [0.2, 0.25) is 0 Å². The minimum atomic E-state index is -0.756. The van der Waals surface area contributed by atoms with Gasteiger partial charge in [-0.25, -0.2) is 4.79 Å². The van der Waals surface area contributed by atoms with E-state index in [1.54, 1.807) is 6.92 Å². The van der Waals surface area contributed by atoms with Gasteiger partial charge in [0, 0.05) is 12.0 Å². The zero-order chi connectivity index (χ0) is 15.9. The first-order valence-electron chi connectivity index (χ1n) is 6.42. The summed E-state index contributed by atoms with van der Waals surface area (Å²) in [6.45, 7) is 4.38. The Labute approximate surface area is 121 Å². The smallest absolute Gasteiger partial charge is 0.338 e. The summed E-state index contributed by atoms with van der Waals surface area (Å²) in [5, 5.41) is 30.0. The number of Topliss-reactive ketones (excluding diaryl/α,β-unsaturated/α-hetero) is 1. The number of carbonyl (C=O) groups excluding carboxylic acids is 2. The number of phenols is 2. The third-order valence-electron chi connectivity index (χ3n) is 3.52. The lowest BCUT2D eigenvalue weighted by molar-refractivity contribution is -0.139. The molecule has 1 heterocycles. The number of ether oxygens (including phenoxy) is 1. The second-order valence-corrected chi connectivity index (χ2v) is 5.06. The van der Waals surface area contributed by atoms with Gasteiger partial charge >= 0.3 is 5.97 Å². The van der Waals surface area contributed by atoms with E-state index in [0.717, 1.165) is 0 Å². The van der Waals surface area contributed by atoms with Gasteiger partial charge < -0.3 is 20.1 Å². The number of phenolic OH excluding ortho intramolecular Hbond substituents is 2. The largest absolute Gasteiger partial charge is 0.508 e. The van der Waals surface area contributed by atoms with Crippen molar-refractivity contribution in [3.63, 3.8) is 0 Å². The maximum atomic E-state index is 11.7. The second-order valence-electron chi connectivity index (χ2n) is 5.06. The molecule has 0 aromatic heterocycles. The molecule has 0 amide bonds. The molecule has 0 unspecified atom stereocenters. The number of hydrogen-bond donors (Lipinski definition) is 3. The number of carbonyl (C=O) groups is 2. The lowest BCUT2D eigenvalue weighted by Crippen LogP contribution is -2.06. The molecule has 2 rings (SSSR count). The maximum absolute atomic E-state index is 11.7. The molecule has 1 aliphatic rings. The summed E-state index contributed by atoms with van der Waals surface area (Å²) in [5.74, 6) is -1.91. The Morgan fingerprint density at radius 2 is 1.90 bits per heavy atom. The Kier molecular flexibility index (Phi) is 3.63. The predicted octanol–water partition coefficient (Wildman–Crippen LogP) is 1.91. The summed E-state index contributed by atoms with van der Waals surface area (Å²) in [6.07, 6.45) is -0.969. The van der Waals surface area contributed by atoms with E-state index in [4.69, 9.17) is 4.74 Å². The zero-order valence-electron chi connectivity index (χ0n) is 11.9. The molecular weight excluding hydrogens is 276 g/mol. The van der Waals surface area contributed by atoms with Crippen molar-refractivity contribution in [2.24, 2.45) is 0 Å². The topological polar surface area (TPSA) is 104 Å². The number of aryl methyl sites for hydroxylation is 1. The molecule has 1 atom stereocenters. The van der Waals surface area contributed by atoms with Crippen molar-refractivity contribution in [3.05, 3.63) is 34.1 Å². The monoisotopic (exact) mass is 292 g/mol. The van der Waals surface area contributed by atoms with Crippen LogP contribution in [0, 0.1) is 6.92 Å². The molecule has 3 N–H and O–H groups in total. The molecule has 0 fully saturated rings. The third-order valence-corrected chi connectivity index (χ3v) is 3.52. The summed E-state index contributed by atoms with van der Waals surface area (Å²) in [4.78, 5) is 23.2. The Bertz CT molecular complexity index is 671. The van der Waals surface area contributed by atoms with E-state index in [0.29, 0.717) is 5.56 Å². The molecule has 0 saturated carbocycles. The van der Waals surface area contributed by atoms with Gasteiger partial charge in [0.2, 0.25) is 0 Å². The molecule has 0 radical (unpaired) electrons. The minimum absolute atomic E-state index is 0.0211. The van der Waals surface area contributed by atoms with E-state index in [-0.39, 0.29) is 40.4 Å². The SMILES string of the molecule is CC(=O)c1cc(C)c(O)c(CC2=C(O)[C@H](C)OC2=O)c1O. The van der Waals surface area contributed by atoms with Gasteiger partial charge in [0.25, 0.3) is 0 Å². The lowest BCUT2D eigenvalue weighted by Gasteiger charge is -2.12. The summed E-state index contributed by atoms with van der Waals surface area (Å²) in [5.41, 5.74) is 0.438. The average Bonchev–Trinajstić information content (AvgIpc) is 2.64. The van der Waals surface area contributed by atoms with Gasteiger partial charge in [0.1, 0.15) is 17.3 Å². The van der Waals surface area contributed by atoms with Crippen LogP contribution in [0.3, 0.4) is 0 Å². The van der Waals surface area contributed by atoms with Crippen LogP contribution in [0.4, 0.5) is 0 Å². The number of cyclic esters (lactones) is 1. The highest BCUT2D eigenvalue weighted by molar-refractivity contribution is 5.98. The first-order chi connectivity index (χ1) is 9.73. The molecule has 1 aromatic rings. The number of ketones is 1. The van der Waals surface area contributed by atoms with Gasteiger partial charge in [-0.05, 0) is 32.4 Å². The fourth-order valence-corrected chi connectivity index (χ4v) is 2.28. The molecule has 1 aliphatic heterocycles. The summed E-state index contributed by atoms with van der Waals surface area (Å²) in [6, 6.07) is 1.38. The van der Waals surface area contributed by atoms with E-state index in [1.165, 1.54) is 19.9 Å². The van der Waals surface area contributed by atoms with Gasteiger partial charge in [0.15, 0.2) is 11.9 Å². The fraction of sp³-hybridized carbons (Fsp3) is 0.333. The highest BCUT2D eigenvalue weighted by atomic mass is 16.6. The van der Waals surface area contributed by atoms with Crippen LogP contribution >= 0.6 is 0 Å². The number of esters is 1. The Morgan fingerprint density at radius 3 is 2.38 bits per heavy atom. The normalized spacial score (nSPS) is 18.0.